The Morgan fingerprint density at radius 3 is 2.62 bits per heavy atom. The van der Waals surface area contributed by atoms with E-state index in [0.717, 1.165) is 12.0 Å². The molecule has 142 valence electrons. The van der Waals surface area contributed by atoms with E-state index >= 15 is 0 Å². The molecule has 0 bridgehead atoms. The van der Waals surface area contributed by atoms with Crippen molar-refractivity contribution in [2.75, 3.05) is 26.8 Å². The van der Waals surface area contributed by atoms with Crippen molar-refractivity contribution in [2.45, 2.75) is 26.2 Å². The predicted octanol–water partition coefficient (Wildman–Crippen LogP) is 2.87. The number of carbonyl (C=O) groups excluding carboxylic acids is 2. The normalized spacial score (nSPS) is 15.3. The number of ether oxygens (including phenoxy) is 2. The number of carbonyl (C=O) groups is 2. The number of likely N-dealkylation sites (tertiary alicyclic amines) is 1. The van der Waals surface area contributed by atoms with E-state index in [2.05, 4.69) is 0 Å². The number of nitrogens with two attached hydrogens (primary N) is 1. The Labute approximate surface area is 158 Å². The quantitative estimate of drug-likeness (QED) is 0.737. The molecule has 6 nitrogen and oxygen atoms in total. The maximum atomic E-state index is 12.3. The topological polar surface area (TPSA) is 81.9 Å². The maximum absolute atomic E-state index is 12.3. The Kier molecular flexibility index (Phi) is 7.33. The second kappa shape index (κ2) is 9.48. The van der Waals surface area contributed by atoms with Gasteiger partial charge in [-0.2, -0.15) is 0 Å². The molecule has 2 rings (SSSR count). The predicted molar refractivity (Wildman–Crippen MR) is 101 cm³/mol. The van der Waals surface area contributed by atoms with E-state index in [4.69, 9.17) is 26.8 Å². The molecule has 1 saturated heterocycles. The number of rotatable bonds is 7. The first kappa shape index (κ1) is 20.1. The van der Waals surface area contributed by atoms with Gasteiger partial charge in [0, 0.05) is 25.1 Å². The number of hydrogen-bond acceptors (Lipinski definition) is 4. The molecule has 7 heteroatoms. The minimum Gasteiger partial charge on any atom is -0.493 e. The first-order chi connectivity index (χ1) is 12.5. The van der Waals surface area contributed by atoms with Crippen LogP contribution in [-0.2, 0) is 9.59 Å². The van der Waals surface area contributed by atoms with Crippen molar-refractivity contribution in [1.82, 2.24) is 4.90 Å². The summed E-state index contributed by atoms with van der Waals surface area (Å²) in [6, 6.07) is 3.51. The average Bonchev–Trinajstić information content (AvgIpc) is 2.64. The van der Waals surface area contributed by atoms with Gasteiger partial charge in [-0.1, -0.05) is 18.5 Å². The molecule has 1 heterocycles. The van der Waals surface area contributed by atoms with Crippen LogP contribution in [0.5, 0.6) is 11.5 Å². The summed E-state index contributed by atoms with van der Waals surface area (Å²) in [7, 11) is 1.55. The summed E-state index contributed by atoms with van der Waals surface area (Å²) in [6.07, 6.45) is 5.28. The lowest BCUT2D eigenvalue weighted by atomic mass is 9.96. The number of benzene rings is 1. The molecule has 0 atom stereocenters. The third-order valence-corrected chi connectivity index (χ3v) is 4.61. The van der Waals surface area contributed by atoms with E-state index in [-0.39, 0.29) is 17.7 Å². The second-order valence-electron chi connectivity index (χ2n) is 6.22. The molecule has 0 radical (unpaired) electrons. The van der Waals surface area contributed by atoms with E-state index in [1.807, 2.05) is 6.92 Å². The first-order valence-corrected chi connectivity index (χ1v) is 9.10. The Morgan fingerprint density at radius 2 is 2.04 bits per heavy atom. The molecule has 2 N–H and O–H groups in total. The van der Waals surface area contributed by atoms with Gasteiger partial charge < -0.3 is 20.1 Å². The number of halogens is 1. The molecular weight excluding hydrogens is 356 g/mol. The Morgan fingerprint density at radius 1 is 1.35 bits per heavy atom. The Bertz CT molecular complexity index is 682. The molecule has 0 aromatic heterocycles. The first-order valence-electron chi connectivity index (χ1n) is 8.72. The van der Waals surface area contributed by atoms with Gasteiger partial charge in [0.15, 0.2) is 11.5 Å². The second-order valence-corrected chi connectivity index (χ2v) is 6.63. The fraction of sp³-hybridized carbons (Fsp3) is 0.474. The fourth-order valence-corrected chi connectivity index (χ4v) is 3.11. The van der Waals surface area contributed by atoms with Crippen LogP contribution >= 0.6 is 11.6 Å². The van der Waals surface area contributed by atoms with Crippen LogP contribution in [0.2, 0.25) is 5.02 Å². The fourth-order valence-electron chi connectivity index (χ4n) is 2.84. The number of nitrogens with zero attached hydrogens (tertiary/aromatic N) is 1. The van der Waals surface area contributed by atoms with Crippen LogP contribution in [0.1, 0.15) is 31.7 Å². The monoisotopic (exact) mass is 380 g/mol. The summed E-state index contributed by atoms with van der Waals surface area (Å²) in [5.41, 5.74) is 6.06. The van der Waals surface area contributed by atoms with Gasteiger partial charge in [-0.05, 0) is 43.0 Å². The lowest BCUT2D eigenvalue weighted by molar-refractivity contribution is -0.130. The summed E-state index contributed by atoms with van der Waals surface area (Å²) < 4.78 is 11.0. The van der Waals surface area contributed by atoms with E-state index in [1.165, 1.54) is 6.08 Å². The van der Waals surface area contributed by atoms with Gasteiger partial charge in [-0.15, -0.1) is 0 Å². The lowest BCUT2D eigenvalue weighted by Gasteiger charge is -2.29. The summed E-state index contributed by atoms with van der Waals surface area (Å²) >= 11 is 6.28. The minimum atomic E-state index is -0.292. The van der Waals surface area contributed by atoms with Crippen molar-refractivity contribution in [3.63, 3.8) is 0 Å². The summed E-state index contributed by atoms with van der Waals surface area (Å²) in [5.74, 6) is 0.504. The Hall–Kier alpha value is -2.21. The number of piperidine rings is 1. The summed E-state index contributed by atoms with van der Waals surface area (Å²) in [5, 5.41) is 0.437. The van der Waals surface area contributed by atoms with Crippen molar-refractivity contribution in [2.24, 2.45) is 11.7 Å². The molecule has 0 saturated carbocycles. The summed E-state index contributed by atoms with van der Waals surface area (Å²) in [4.78, 5) is 25.2. The third-order valence-electron chi connectivity index (χ3n) is 4.33. The van der Waals surface area contributed by atoms with Gasteiger partial charge in [0.25, 0.3) is 0 Å². The van der Waals surface area contributed by atoms with Gasteiger partial charge in [0.2, 0.25) is 11.8 Å². The molecule has 0 unspecified atom stereocenters. The van der Waals surface area contributed by atoms with E-state index in [9.17, 15) is 9.59 Å². The van der Waals surface area contributed by atoms with Gasteiger partial charge in [-0.25, -0.2) is 0 Å². The zero-order chi connectivity index (χ0) is 19.1. The van der Waals surface area contributed by atoms with Crippen molar-refractivity contribution in [3.05, 3.63) is 28.8 Å². The van der Waals surface area contributed by atoms with Crippen molar-refractivity contribution >= 4 is 29.5 Å². The van der Waals surface area contributed by atoms with Crippen LogP contribution < -0.4 is 15.2 Å². The number of amides is 2. The standard InChI is InChI=1S/C19H25ClN2O4/c1-3-10-26-18-15(20)11-13(12-16(18)25-2)4-5-17(23)22-8-6-14(7-9-22)19(21)24/h4-5,11-12,14H,3,6-10H2,1-2H3,(H2,21,24)/b5-4+. The number of hydrogen-bond donors (Lipinski definition) is 1. The van der Waals surface area contributed by atoms with Gasteiger partial charge >= 0.3 is 0 Å². The van der Waals surface area contributed by atoms with E-state index in [0.29, 0.717) is 49.1 Å². The zero-order valence-electron chi connectivity index (χ0n) is 15.2. The van der Waals surface area contributed by atoms with Crippen molar-refractivity contribution in [3.8, 4) is 11.5 Å². The summed E-state index contributed by atoms with van der Waals surface area (Å²) in [6.45, 7) is 3.62. The lowest BCUT2D eigenvalue weighted by Crippen LogP contribution is -2.41. The van der Waals surface area contributed by atoms with Gasteiger partial charge in [0.05, 0.1) is 18.7 Å². The highest BCUT2D eigenvalue weighted by Gasteiger charge is 2.24. The Balaban J connectivity index is 2.04. The van der Waals surface area contributed by atoms with Gasteiger partial charge in [0.1, 0.15) is 0 Å². The largest absolute Gasteiger partial charge is 0.493 e. The van der Waals surface area contributed by atoms with Crippen LogP contribution in [0.25, 0.3) is 6.08 Å². The maximum Gasteiger partial charge on any atom is 0.246 e. The highest BCUT2D eigenvalue weighted by molar-refractivity contribution is 6.32. The SMILES string of the molecule is CCCOc1c(Cl)cc(/C=C/C(=O)N2CCC(C(N)=O)CC2)cc1OC. The molecule has 1 fully saturated rings. The molecule has 1 aliphatic rings. The van der Waals surface area contributed by atoms with E-state index < -0.39 is 0 Å². The highest BCUT2D eigenvalue weighted by atomic mass is 35.5. The zero-order valence-corrected chi connectivity index (χ0v) is 15.9. The molecule has 26 heavy (non-hydrogen) atoms. The van der Waals surface area contributed by atoms with Crippen LogP contribution in [0.15, 0.2) is 18.2 Å². The van der Waals surface area contributed by atoms with Crippen molar-refractivity contribution < 1.29 is 19.1 Å². The molecule has 1 aliphatic heterocycles. The van der Waals surface area contributed by atoms with Gasteiger partial charge in [-0.3, -0.25) is 9.59 Å². The number of methoxy groups -OCH3 is 1. The van der Waals surface area contributed by atoms with Crippen molar-refractivity contribution in [1.29, 1.82) is 0 Å². The molecular formula is C19H25ClN2O4. The minimum absolute atomic E-state index is 0.102. The number of primary amides is 1. The average molecular weight is 381 g/mol. The third kappa shape index (κ3) is 5.14. The molecule has 1 aromatic rings. The molecule has 2 amide bonds. The van der Waals surface area contributed by atoms with Crippen LogP contribution in [0.3, 0.4) is 0 Å². The molecule has 0 spiro atoms. The van der Waals surface area contributed by atoms with Crippen LogP contribution in [-0.4, -0.2) is 43.5 Å². The van der Waals surface area contributed by atoms with Crippen LogP contribution in [0.4, 0.5) is 0 Å². The molecule has 1 aromatic carbocycles. The molecule has 0 aliphatic carbocycles. The highest BCUT2D eigenvalue weighted by Crippen LogP contribution is 2.36. The van der Waals surface area contributed by atoms with Crippen LogP contribution in [0, 0.1) is 5.92 Å². The van der Waals surface area contributed by atoms with E-state index in [1.54, 1.807) is 30.2 Å². The smallest absolute Gasteiger partial charge is 0.246 e.